The van der Waals surface area contributed by atoms with E-state index >= 15 is 0 Å². The molecule has 6 N–H and O–H groups in total. The Hall–Kier alpha value is 2.38. The zero-order valence-corrected chi connectivity index (χ0v) is 18.2. The quantitative estimate of drug-likeness (QED) is 0.226. The van der Waals surface area contributed by atoms with Crippen molar-refractivity contribution in [3.63, 3.8) is 0 Å². The molecule has 10 heteroatoms. The van der Waals surface area contributed by atoms with Crippen molar-refractivity contribution < 1.29 is 33.0 Å². The van der Waals surface area contributed by atoms with E-state index in [-0.39, 0.29) is 12.3 Å². The fourth-order valence-corrected chi connectivity index (χ4v) is 1.13. The Kier molecular flexibility index (Phi) is 74.5. The molecule has 128 valence electrons. The van der Waals surface area contributed by atoms with Crippen molar-refractivity contribution in [2.75, 3.05) is 13.1 Å². The zero-order valence-electron chi connectivity index (χ0n) is 10.7. The minimum Gasteiger partial charge on any atom is -0.693 e. The Labute approximate surface area is 151 Å². The molecule has 0 aromatic carbocycles. The number of nitrogens with one attached hydrogen (secondary N) is 2. The van der Waals surface area contributed by atoms with E-state index in [2.05, 4.69) is 0 Å². The average molecular weight is 720 g/mol. The summed E-state index contributed by atoms with van der Waals surface area (Å²) in [6, 6.07) is 0. The van der Waals surface area contributed by atoms with Gasteiger partial charge in [-0.3, -0.25) is 0 Å². The van der Waals surface area contributed by atoms with Crippen LogP contribution in [0.25, 0.3) is 23.8 Å². The molecular weight excluding hydrogens is 696 g/mol. The largest absolute Gasteiger partial charge is 0.693 e. The van der Waals surface area contributed by atoms with Crippen LogP contribution in [0.5, 0.6) is 0 Å². The molecule has 0 radical (unpaired) electrons. The van der Waals surface area contributed by atoms with Gasteiger partial charge in [0, 0.05) is 0 Å². The second-order valence-corrected chi connectivity index (χ2v) is 9.63. The summed E-state index contributed by atoms with van der Waals surface area (Å²) in [6.07, 6.45) is 8.47. The van der Waals surface area contributed by atoms with Crippen LogP contribution in [-0.2, 0) is 33.0 Å². The molecule has 0 spiro atoms. The van der Waals surface area contributed by atoms with Crippen LogP contribution >= 0.6 is 37.7 Å². The van der Waals surface area contributed by atoms with Gasteiger partial charge in [0.05, 0.1) is 0 Å². The molecule has 0 saturated heterocycles. The van der Waals surface area contributed by atoms with E-state index in [9.17, 15) is 0 Å². The number of nitrogens with two attached hydrogens (primary N) is 2. The Bertz CT molecular complexity index is 100. The molecule has 0 amide bonds. The van der Waals surface area contributed by atoms with E-state index in [1.54, 1.807) is 0 Å². The maximum Gasteiger partial charge on any atom is -0.0533 e. The fraction of sp³-hybridized carbons (Fsp3) is 1.00. The molecule has 0 aromatic heterocycles. The van der Waals surface area contributed by atoms with E-state index in [1.807, 2.05) is 0 Å². The van der Waals surface area contributed by atoms with Gasteiger partial charge in [0.2, 0.25) is 0 Å². The minimum absolute atomic E-state index is 0. The second kappa shape index (κ2) is 42.8. The fourth-order valence-electron chi connectivity index (χ4n) is 1.13. The van der Waals surface area contributed by atoms with Gasteiger partial charge in [-0.05, 0) is 0 Å². The van der Waals surface area contributed by atoms with Gasteiger partial charge in [0.25, 0.3) is 0 Å². The minimum atomic E-state index is -0.472. The SMILES string of the molecule is [Cl][Pt+2][Cl].[Cl][Pt+2][Cl].[NH-]CCCCCCCCC[NH-].[NH2-].[NH2-]. The van der Waals surface area contributed by atoms with Crippen molar-refractivity contribution in [3.05, 3.63) is 23.8 Å². The molecule has 0 aliphatic rings. The summed E-state index contributed by atoms with van der Waals surface area (Å²) in [5, 5.41) is 0. The first-order valence-electron chi connectivity index (χ1n) is 5.19. The molecule has 0 bridgehead atoms. The number of halogens is 4. The first-order chi connectivity index (χ1) is 8.24. The topological polar surface area (TPSA) is 115 Å². The maximum atomic E-state index is 6.92. The van der Waals surface area contributed by atoms with Crippen molar-refractivity contribution in [1.82, 2.24) is 0 Å². The summed E-state index contributed by atoms with van der Waals surface area (Å²) in [5.41, 5.74) is 13.8. The van der Waals surface area contributed by atoms with Crippen LogP contribution in [0.15, 0.2) is 0 Å². The van der Waals surface area contributed by atoms with E-state index in [1.165, 1.54) is 32.1 Å². The summed E-state index contributed by atoms with van der Waals surface area (Å²) >= 11 is -0.944. The molecule has 0 aliphatic heterocycles. The predicted octanol–water partition coefficient (Wildman–Crippen LogP) is 8.01. The predicted molar refractivity (Wildman–Crippen MR) is 84.7 cm³/mol. The Morgan fingerprint density at radius 3 is 0.842 bits per heavy atom. The Morgan fingerprint density at radius 1 is 0.526 bits per heavy atom. The van der Waals surface area contributed by atoms with Gasteiger partial charge in [-0.25, -0.2) is 0 Å². The van der Waals surface area contributed by atoms with Crippen LogP contribution < -0.4 is 0 Å². The Morgan fingerprint density at radius 2 is 0.684 bits per heavy atom. The van der Waals surface area contributed by atoms with Crippen LogP contribution in [0.3, 0.4) is 0 Å². The van der Waals surface area contributed by atoms with Gasteiger partial charge >= 0.3 is 70.6 Å². The van der Waals surface area contributed by atoms with Crippen molar-refractivity contribution in [2.45, 2.75) is 44.9 Å². The van der Waals surface area contributed by atoms with Crippen LogP contribution in [0, 0.1) is 0 Å². The molecule has 19 heavy (non-hydrogen) atoms. The van der Waals surface area contributed by atoms with E-state index in [0.29, 0.717) is 13.1 Å². The number of hydrogen-bond acceptors (Lipinski definition) is 0. The number of hydrogen-bond donors (Lipinski definition) is 0. The monoisotopic (exact) mass is 718 g/mol. The van der Waals surface area contributed by atoms with E-state index in [4.69, 9.17) is 49.1 Å². The molecule has 0 atom stereocenters. The summed E-state index contributed by atoms with van der Waals surface area (Å²) in [7, 11) is 19.5. The van der Waals surface area contributed by atoms with Crippen LogP contribution in [0.1, 0.15) is 44.9 Å². The smallest absolute Gasteiger partial charge is 0.0533 e. The average Bonchev–Trinajstić information content (AvgIpc) is 2.30. The first kappa shape index (κ1) is 33.1. The van der Waals surface area contributed by atoms with E-state index in [0.717, 1.165) is 12.8 Å². The summed E-state index contributed by atoms with van der Waals surface area (Å²) in [4.78, 5) is 0. The third-order valence-corrected chi connectivity index (χ3v) is 1.85. The van der Waals surface area contributed by atoms with Crippen molar-refractivity contribution in [1.29, 1.82) is 0 Å². The summed E-state index contributed by atoms with van der Waals surface area (Å²) in [5.74, 6) is 0. The normalized spacial score (nSPS) is 8.32. The molecule has 0 saturated carbocycles. The summed E-state index contributed by atoms with van der Waals surface area (Å²) in [6.45, 7) is 1.18. The molecule has 0 fully saturated rings. The number of unbranched alkanes of at least 4 members (excludes halogenated alkanes) is 6. The van der Waals surface area contributed by atoms with Crippen LogP contribution in [-0.4, -0.2) is 13.1 Å². The van der Waals surface area contributed by atoms with Gasteiger partial charge in [-0.2, -0.15) is 13.1 Å². The second-order valence-electron chi connectivity index (χ2n) is 3.07. The molecule has 0 heterocycles. The zero-order chi connectivity index (χ0) is 13.8. The van der Waals surface area contributed by atoms with Gasteiger partial charge in [0.1, 0.15) is 0 Å². The van der Waals surface area contributed by atoms with Crippen LogP contribution in [0.2, 0.25) is 0 Å². The van der Waals surface area contributed by atoms with Crippen LogP contribution in [0.4, 0.5) is 0 Å². The molecule has 0 rings (SSSR count). The molecule has 0 aliphatic carbocycles. The van der Waals surface area contributed by atoms with Gasteiger partial charge in [-0.1, -0.05) is 44.9 Å². The van der Waals surface area contributed by atoms with Crippen molar-refractivity contribution in [2.24, 2.45) is 0 Å². The third kappa shape index (κ3) is 63.9. The standard InChI is InChI=1S/C9H20N2.4ClH.2H2N.2Pt/c10-8-6-4-2-1-3-5-7-9-11;;;;;;;;/h10-11H,1-9H2;4*1H;2*1H2;;/q-2;;;;;2*-1;2*+4/p-4. The van der Waals surface area contributed by atoms with Crippen molar-refractivity contribution in [3.8, 4) is 0 Å². The Balaban J connectivity index is -0.0000000700. The van der Waals surface area contributed by atoms with Gasteiger partial charge < -0.3 is 23.8 Å². The molecule has 0 aromatic rings. The number of rotatable bonds is 8. The van der Waals surface area contributed by atoms with Gasteiger partial charge in [-0.15, -0.1) is 0 Å². The molecule has 0 unspecified atom stereocenters. The van der Waals surface area contributed by atoms with Gasteiger partial charge in [0.15, 0.2) is 0 Å². The first-order valence-corrected chi connectivity index (χ1v) is 16.4. The molecule has 4 nitrogen and oxygen atoms in total. The molecular formula is C9H24Cl4N4Pt2. The summed E-state index contributed by atoms with van der Waals surface area (Å²) < 4.78 is 0. The maximum absolute atomic E-state index is 6.92. The van der Waals surface area contributed by atoms with E-state index < -0.39 is 33.0 Å². The van der Waals surface area contributed by atoms with Crippen molar-refractivity contribution >= 4 is 37.7 Å². The third-order valence-electron chi connectivity index (χ3n) is 1.85.